The molecule has 1 aliphatic rings. The largest absolute Gasteiger partial charge is 0.393 e. The van der Waals surface area contributed by atoms with E-state index in [0.717, 1.165) is 5.56 Å². The second-order valence-corrected chi connectivity index (χ2v) is 5.74. The van der Waals surface area contributed by atoms with E-state index in [1.807, 2.05) is 30.3 Å². The first kappa shape index (κ1) is 15.5. The lowest BCUT2D eigenvalue weighted by Gasteiger charge is -2.39. The maximum absolute atomic E-state index is 12.4. The molecule has 0 bridgehead atoms. The van der Waals surface area contributed by atoms with Crippen LogP contribution in [0, 0.1) is 5.92 Å². The number of nitrogens with one attached hydrogen (secondary N) is 1. The molecule has 1 aromatic rings. The van der Waals surface area contributed by atoms with Crippen molar-refractivity contribution in [1.29, 1.82) is 0 Å². The Morgan fingerprint density at radius 3 is 2.43 bits per heavy atom. The van der Waals surface area contributed by atoms with Crippen molar-refractivity contribution < 1.29 is 14.7 Å². The zero-order chi connectivity index (χ0) is 15.6. The fraction of sp³-hybridized carbons (Fsp3) is 0.500. The molecule has 0 saturated carbocycles. The minimum absolute atomic E-state index is 0.149. The van der Waals surface area contributed by atoms with Crippen molar-refractivity contribution in [2.75, 3.05) is 7.05 Å². The number of carbonyl (C=O) groups excluding carboxylic acids is 2. The van der Waals surface area contributed by atoms with Gasteiger partial charge in [0, 0.05) is 19.4 Å². The van der Waals surface area contributed by atoms with E-state index in [0.29, 0.717) is 6.42 Å². The number of benzene rings is 1. The van der Waals surface area contributed by atoms with Crippen LogP contribution in [0.5, 0.6) is 0 Å². The average Bonchev–Trinajstić information content (AvgIpc) is 2.47. The molecule has 5 heteroatoms. The van der Waals surface area contributed by atoms with Gasteiger partial charge in [0.15, 0.2) is 0 Å². The summed E-state index contributed by atoms with van der Waals surface area (Å²) in [6, 6.07) is 8.46. The van der Waals surface area contributed by atoms with Gasteiger partial charge in [0.25, 0.3) is 0 Å². The predicted molar refractivity (Wildman–Crippen MR) is 79.5 cm³/mol. The van der Waals surface area contributed by atoms with Gasteiger partial charge in [0.2, 0.25) is 11.8 Å². The van der Waals surface area contributed by atoms with Gasteiger partial charge < -0.3 is 15.3 Å². The Hall–Kier alpha value is -1.88. The van der Waals surface area contributed by atoms with E-state index >= 15 is 0 Å². The molecule has 4 atom stereocenters. The van der Waals surface area contributed by atoms with Gasteiger partial charge in [-0.3, -0.25) is 9.59 Å². The minimum Gasteiger partial charge on any atom is -0.393 e. The first-order chi connectivity index (χ1) is 9.91. The molecule has 0 unspecified atom stereocenters. The molecular formula is C16H22N2O3. The standard InChI is InChI=1S/C16H22N2O3/c1-10(11(2)19)14-16(21)18(3)13(15(20)17-14)9-12-7-5-4-6-8-12/h4-8,10-11,13-14,19H,9H2,1-3H3,(H,17,20)/t10-,11+,13+,14-/m0/s1. The molecule has 1 fully saturated rings. The summed E-state index contributed by atoms with van der Waals surface area (Å²) in [7, 11) is 1.65. The predicted octanol–water partition coefficient (Wildman–Crippen LogP) is 0.571. The van der Waals surface area contributed by atoms with Gasteiger partial charge in [-0.15, -0.1) is 0 Å². The lowest BCUT2D eigenvalue weighted by Crippen LogP contribution is -2.65. The Morgan fingerprint density at radius 1 is 1.24 bits per heavy atom. The van der Waals surface area contributed by atoms with Crippen molar-refractivity contribution in [2.24, 2.45) is 5.92 Å². The molecular weight excluding hydrogens is 268 g/mol. The summed E-state index contributed by atoms with van der Waals surface area (Å²) in [6.07, 6.45) is -0.164. The molecule has 0 spiro atoms. The fourth-order valence-corrected chi connectivity index (χ4v) is 2.56. The van der Waals surface area contributed by atoms with E-state index in [1.54, 1.807) is 20.9 Å². The molecule has 114 valence electrons. The summed E-state index contributed by atoms with van der Waals surface area (Å²) < 4.78 is 0. The van der Waals surface area contributed by atoms with Crippen LogP contribution in [0.15, 0.2) is 30.3 Å². The van der Waals surface area contributed by atoms with Gasteiger partial charge in [0.05, 0.1) is 6.10 Å². The quantitative estimate of drug-likeness (QED) is 0.852. The highest BCUT2D eigenvalue weighted by molar-refractivity contribution is 5.97. The van der Waals surface area contributed by atoms with Crippen LogP contribution in [0.25, 0.3) is 0 Å². The van der Waals surface area contributed by atoms with Crippen LogP contribution in [-0.2, 0) is 16.0 Å². The van der Waals surface area contributed by atoms with E-state index < -0.39 is 18.2 Å². The van der Waals surface area contributed by atoms with Gasteiger partial charge in [-0.2, -0.15) is 0 Å². The third-order valence-electron chi connectivity index (χ3n) is 4.24. The minimum atomic E-state index is -0.658. The molecule has 1 aliphatic heterocycles. The van der Waals surface area contributed by atoms with Crippen molar-refractivity contribution in [3.8, 4) is 0 Å². The summed E-state index contributed by atoms with van der Waals surface area (Å²) in [5.41, 5.74) is 1.01. The van der Waals surface area contributed by atoms with Gasteiger partial charge in [-0.25, -0.2) is 0 Å². The maximum Gasteiger partial charge on any atom is 0.245 e. The van der Waals surface area contributed by atoms with E-state index in [9.17, 15) is 14.7 Å². The van der Waals surface area contributed by atoms with Crippen LogP contribution >= 0.6 is 0 Å². The van der Waals surface area contributed by atoms with E-state index in [1.165, 1.54) is 4.90 Å². The first-order valence-electron chi connectivity index (χ1n) is 7.21. The van der Waals surface area contributed by atoms with Crippen molar-refractivity contribution >= 4 is 11.8 Å². The number of amides is 2. The SMILES string of the molecule is C[C@H]([C@@H]1NC(=O)[C@@H](Cc2ccccc2)N(C)C1=O)[C@@H](C)O. The summed E-state index contributed by atoms with van der Waals surface area (Å²) in [5, 5.41) is 12.4. The molecule has 1 aromatic carbocycles. The van der Waals surface area contributed by atoms with E-state index in [-0.39, 0.29) is 17.7 Å². The van der Waals surface area contributed by atoms with Gasteiger partial charge in [-0.1, -0.05) is 37.3 Å². The topological polar surface area (TPSA) is 69.6 Å². The molecule has 2 rings (SSSR count). The number of hydrogen-bond acceptors (Lipinski definition) is 3. The van der Waals surface area contributed by atoms with E-state index in [4.69, 9.17) is 0 Å². The molecule has 2 amide bonds. The molecule has 21 heavy (non-hydrogen) atoms. The van der Waals surface area contributed by atoms with E-state index in [2.05, 4.69) is 5.32 Å². The third kappa shape index (κ3) is 3.24. The zero-order valence-electron chi connectivity index (χ0n) is 12.6. The molecule has 1 heterocycles. The third-order valence-corrected chi connectivity index (χ3v) is 4.24. The van der Waals surface area contributed by atoms with Crippen molar-refractivity contribution in [2.45, 2.75) is 38.5 Å². The van der Waals surface area contributed by atoms with Gasteiger partial charge in [0.1, 0.15) is 12.1 Å². The second kappa shape index (κ2) is 6.26. The second-order valence-electron chi connectivity index (χ2n) is 5.74. The Balaban J connectivity index is 2.14. The van der Waals surface area contributed by atoms with Crippen LogP contribution in [-0.4, -0.2) is 47.1 Å². The molecule has 0 aliphatic carbocycles. The van der Waals surface area contributed by atoms with Crippen LogP contribution in [0.2, 0.25) is 0 Å². The Labute approximate surface area is 125 Å². The number of hydrogen-bond donors (Lipinski definition) is 2. The highest BCUT2D eigenvalue weighted by Crippen LogP contribution is 2.19. The number of aliphatic hydroxyl groups is 1. The first-order valence-corrected chi connectivity index (χ1v) is 7.21. The van der Waals surface area contributed by atoms with Crippen molar-refractivity contribution in [1.82, 2.24) is 10.2 Å². The number of nitrogens with zero attached hydrogens (tertiary/aromatic N) is 1. The Kier molecular flexibility index (Phi) is 4.63. The average molecular weight is 290 g/mol. The summed E-state index contributed by atoms with van der Waals surface area (Å²) in [6.45, 7) is 3.39. The Bertz CT molecular complexity index is 516. The van der Waals surface area contributed by atoms with Gasteiger partial charge >= 0.3 is 0 Å². The monoisotopic (exact) mass is 290 g/mol. The number of carbonyl (C=O) groups is 2. The van der Waals surface area contributed by atoms with Crippen LogP contribution in [0.4, 0.5) is 0 Å². The lowest BCUT2D eigenvalue weighted by atomic mass is 9.91. The molecule has 5 nitrogen and oxygen atoms in total. The fourth-order valence-electron chi connectivity index (χ4n) is 2.56. The molecule has 0 aromatic heterocycles. The maximum atomic E-state index is 12.4. The van der Waals surface area contributed by atoms with Crippen molar-refractivity contribution in [3.05, 3.63) is 35.9 Å². The summed E-state index contributed by atoms with van der Waals surface area (Å²) in [4.78, 5) is 26.2. The van der Waals surface area contributed by atoms with Crippen LogP contribution in [0.1, 0.15) is 19.4 Å². The number of piperazine rings is 1. The number of rotatable bonds is 4. The molecule has 1 saturated heterocycles. The summed E-state index contributed by atoms with van der Waals surface area (Å²) >= 11 is 0. The van der Waals surface area contributed by atoms with Crippen molar-refractivity contribution in [3.63, 3.8) is 0 Å². The van der Waals surface area contributed by atoms with Crippen LogP contribution < -0.4 is 5.32 Å². The summed E-state index contributed by atoms with van der Waals surface area (Å²) in [5.74, 6) is -0.635. The number of likely N-dealkylation sites (N-methyl/N-ethyl adjacent to an activating group) is 1. The highest BCUT2D eigenvalue weighted by atomic mass is 16.3. The highest BCUT2D eigenvalue weighted by Gasteiger charge is 2.41. The van der Waals surface area contributed by atoms with Crippen LogP contribution in [0.3, 0.4) is 0 Å². The Morgan fingerprint density at radius 2 is 1.86 bits per heavy atom. The lowest BCUT2D eigenvalue weighted by molar-refractivity contribution is -0.150. The zero-order valence-corrected chi connectivity index (χ0v) is 12.6. The molecule has 2 N–H and O–H groups in total. The van der Waals surface area contributed by atoms with Gasteiger partial charge in [-0.05, 0) is 12.5 Å². The molecule has 0 radical (unpaired) electrons. The number of aliphatic hydroxyl groups excluding tert-OH is 1. The smallest absolute Gasteiger partial charge is 0.245 e. The normalized spacial score (nSPS) is 25.4.